The molecule has 0 bridgehead atoms. The predicted octanol–water partition coefficient (Wildman–Crippen LogP) is 1.29. The molecule has 0 amide bonds. The molecule has 2 aromatic rings. The summed E-state index contributed by atoms with van der Waals surface area (Å²) >= 11 is 0. The van der Waals surface area contributed by atoms with Crippen molar-refractivity contribution in [2.45, 2.75) is 33.0 Å². The summed E-state index contributed by atoms with van der Waals surface area (Å²) in [5.74, 6) is 1.49. The summed E-state index contributed by atoms with van der Waals surface area (Å²) in [6.45, 7) is 11.3. The largest absolute Gasteiger partial charge is 0.497 e. The van der Waals surface area contributed by atoms with Crippen LogP contribution in [0.1, 0.15) is 17.0 Å². The number of aliphatic hydroxyl groups excluding tert-OH is 1. The lowest BCUT2D eigenvalue weighted by Crippen LogP contribution is -2.47. The van der Waals surface area contributed by atoms with E-state index >= 15 is 0 Å². The molecule has 0 unspecified atom stereocenters. The fourth-order valence-corrected chi connectivity index (χ4v) is 3.82. The zero-order chi connectivity index (χ0) is 22.2. The third-order valence-corrected chi connectivity index (χ3v) is 5.69. The van der Waals surface area contributed by atoms with Gasteiger partial charge in [-0.05, 0) is 33.0 Å². The molecule has 8 nitrogen and oxygen atoms in total. The maximum absolute atomic E-state index is 10.5. The van der Waals surface area contributed by atoms with Crippen LogP contribution in [-0.4, -0.2) is 90.8 Å². The van der Waals surface area contributed by atoms with E-state index in [1.54, 1.807) is 7.11 Å². The number of hydrogen-bond acceptors (Lipinski definition) is 7. The molecular formula is C23H37N5O3. The lowest BCUT2D eigenvalue weighted by Gasteiger charge is -2.33. The van der Waals surface area contributed by atoms with Crippen LogP contribution in [0.15, 0.2) is 24.3 Å². The van der Waals surface area contributed by atoms with Crippen LogP contribution in [0.3, 0.4) is 0 Å². The predicted molar refractivity (Wildman–Crippen MR) is 122 cm³/mol. The quantitative estimate of drug-likeness (QED) is 0.519. The van der Waals surface area contributed by atoms with Crippen LogP contribution in [0.5, 0.6) is 11.5 Å². The Morgan fingerprint density at radius 2 is 1.94 bits per heavy atom. The fraction of sp³-hybridized carbons (Fsp3) is 0.609. The number of rotatable bonds is 11. The maximum Gasteiger partial charge on any atom is 0.127 e. The molecule has 0 spiro atoms. The summed E-state index contributed by atoms with van der Waals surface area (Å²) in [4.78, 5) is 4.60. The molecule has 1 aromatic heterocycles. The van der Waals surface area contributed by atoms with Gasteiger partial charge in [-0.2, -0.15) is 5.10 Å². The van der Waals surface area contributed by atoms with E-state index in [2.05, 4.69) is 40.3 Å². The first-order valence-corrected chi connectivity index (χ1v) is 11.0. The van der Waals surface area contributed by atoms with Crippen molar-refractivity contribution in [2.75, 3.05) is 60.0 Å². The Balaban J connectivity index is 1.49. The second-order valence-corrected chi connectivity index (χ2v) is 8.37. The lowest BCUT2D eigenvalue weighted by molar-refractivity contribution is 0.0501. The number of methoxy groups -OCH3 is 1. The van der Waals surface area contributed by atoms with E-state index in [9.17, 15) is 5.11 Å². The van der Waals surface area contributed by atoms with Gasteiger partial charge in [0.1, 0.15) is 24.2 Å². The zero-order valence-corrected chi connectivity index (χ0v) is 19.3. The van der Waals surface area contributed by atoms with Gasteiger partial charge in [0.15, 0.2) is 0 Å². The summed E-state index contributed by atoms with van der Waals surface area (Å²) in [5.41, 5.74) is 3.25. The highest BCUT2D eigenvalue weighted by molar-refractivity contribution is 5.40. The molecule has 0 saturated carbocycles. The summed E-state index contributed by atoms with van der Waals surface area (Å²) in [7, 11) is 3.78. The second-order valence-electron chi connectivity index (χ2n) is 8.37. The zero-order valence-electron chi connectivity index (χ0n) is 19.3. The minimum absolute atomic E-state index is 0.262. The average molecular weight is 432 g/mol. The van der Waals surface area contributed by atoms with Gasteiger partial charge in [-0.1, -0.05) is 6.07 Å². The Morgan fingerprint density at radius 3 is 2.61 bits per heavy atom. The molecule has 1 aliphatic heterocycles. The van der Waals surface area contributed by atoms with E-state index in [0.717, 1.165) is 62.0 Å². The third kappa shape index (κ3) is 7.21. The first-order valence-electron chi connectivity index (χ1n) is 11.0. The van der Waals surface area contributed by atoms with E-state index < -0.39 is 6.10 Å². The molecule has 1 saturated heterocycles. The third-order valence-electron chi connectivity index (χ3n) is 5.69. The van der Waals surface area contributed by atoms with Crippen molar-refractivity contribution in [2.24, 2.45) is 0 Å². The van der Waals surface area contributed by atoms with Gasteiger partial charge in [-0.25, -0.2) is 0 Å². The van der Waals surface area contributed by atoms with Crippen LogP contribution < -0.4 is 14.8 Å². The van der Waals surface area contributed by atoms with Crippen LogP contribution in [-0.2, 0) is 13.1 Å². The van der Waals surface area contributed by atoms with Gasteiger partial charge < -0.3 is 24.8 Å². The number of ether oxygens (including phenoxy) is 2. The van der Waals surface area contributed by atoms with Crippen LogP contribution in [0.25, 0.3) is 0 Å². The Labute approximate surface area is 185 Å². The molecule has 1 aliphatic rings. The Morgan fingerprint density at radius 1 is 1.16 bits per heavy atom. The average Bonchev–Trinajstić information content (AvgIpc) is 3.08. The second kappa shape index (κ2) is 11.5. The number of piperazine rings is 1. The standard InChI is InChI=1S/C23H37N5O3/c1-18-13-19(2)28(25-18)8-7-24-15-20-5-6-22(30-4)14-23(20)31-17-21(29)16-27-11-9-26(3)10-12-27/h5-6,13-14,21,24,29H,7-12,15-17H2,1-4H3/t21-/m1/s1. The monoisotopic (exact) mass is 431 g/mol. The number of β-amino-alcohol motifs (C(OH)–C–C–N with tert-alkyl or cyclic N) is 1. The van der Waals surface area contributed by atoms with Crippen molar-refractivity contribution in [1.29, 1.82) is 0 Å². The summed E-state index contributed by atoms with van der Waals surface area (Å²) in [6.07, 6.45) is -0.526. The fourth-order valence-electron chi connectivity index (χ4n) is 3.82. The number of aliphatic hydroxyl groups is 1. The molecular weight excluding hydrogens is 394 g/mol. The number of likely N-dealkylation sites (N-methyl/N-ethyl adjacent to an activating group) is 1. The lowest BCUT2D eigenvalue weighted by atomic mass is 10.2. The number of benzene rings is 1. The summed E-state index contributed by atoms with van der Waals surface area (Å²) in [5, 5.41) is 18.4. The van der Waals surface area contributed by atoms with Gasteiger partial charge in [-0.3, -0.25) is 9.58 Å². The number of aromatic nitrogens is 2. The Hall–Kier alpha value is -2.13. The maximum atomic E-state index is 10.5. The first-order chi connectivity index (χ1) is 14.9. The van der Waals surface area contributed by atoms with E-state index in [4.69, 9.17) is 9.47 Å². The number of hydrogen-bond donors (Lipinski definition) is 2. The first kappa shape index (κ1) is 23.5. The van der Waals surface area contributed by atoms with Gasteiger partial charge in [0.2, 0.25) is 0 Å². The molecule has 3 rings (SSSR count). The van der Waals surface area contributed by atoms with Crippen LogP contribution in [0.2, 0.25) is 0 Å². The SMILES string of the molecule is COc1ccc(CNCCn2nc(C)cc2C)c(OC[C@H](O)CN2CCN(C)CC2)c1. The van der Waals surface area contributed by atoms with Gasteiger partial charge in [0, 0.05) is 63.1 Å². The van der Waals surface area contributed by atoms with Crippen LogP contribution in [0, 0.1) is 13.8 Å². The normalized spacial score (nSPS) is 16.4. The van der Waals surface area contributed by atoms with Gasteiger partial charge in [-0.15, -0.1) is 0 Å². The molecule has 1 fully saturated rings. The van der Waals surface area contributed by atoms with Crippen LogP contribution in [0.4, 0.5) is 0 Å². The molecule has 1 aromatic carbocycles. The van der Waals surface area contributed by atoms with Crippen molar-refractivity contribution in [3.8, 4) is 11.5 Å². The van der Waals surface area contributed by atoms with Gasteiger partial charge in [0.25, 0.3) is 0 Å². The highest BCUT2D eigenvalue weighted by Gasteiger charge is 2.18. The molecule has 0 radical (unpaired) electrons. The van der Waals surface area contributed by atoms with E-state index in [-0.39, 0.29) is 6.61 Å². The highest BCUT2D eigenvalue weighted by Crippen LogP contribution is 2.25. The minimum atomic E-state index is -0.526. The Bertz CT molecular complexity index is 818. The Kier molecular flexibility index (Phi) is 8.71. The topological polar surface area (TPSA) is 75.0 Å². The van der Waals surface area contributed by atoms with Gasteiger partial charge >= 0.3 is 0 Å². The molecule has 172 valence electrons. The van der Waals surface area contributed by atoms with E-state index in [0.29, 0.717) is 13.1 Å². The number of aryl methyl sites for hydroxylation is 2. The van der Waals surface area contributed by atoms with E-state index in [1.807, 2.05) is 29.8 Å². The molecule has 8 heteroatoms. The van der Waals surface area contributed by atoms with Crippen molar-refractivity contribution in [3.63, 3.8) is 0 Å². The molecule has 1 atom stereocenters. The summed E-state index contributed by atoms with van der Waals surface area (Å²) < 4.78 is 13.4. The summed E-state index contributed by atoms with van der Waals surface area (Å²) in [6, 6.07) is 7.92. The highest BCUT2D eigenvalue weighted by atomic mass is 16.5. The molecule has 31 heavy (non-hydrogen) atoms. The molecule has 2 heterocycles. The van der Waals surface area contributed by atoms with Crippen molar-refractivity contribution < 1.29 is 14.6 Å². The molecule has 0 aliphatic carbocycles. The van der Waals surface area contributed by atoms with Crippen molar-refractivity contribution in [1.82, 2.24) is 24.9 Å². The number of nitrogens with zero attached hydrogens (tertiary/aromatic N) is 4. The molecule has 2 N–H and O–H groups in total. The van der Waals surface area contributed by atoms with Gasteiger partial charge in [0.05, 0.1) is 19.3 Å². The minimum Gasteiger partial charge on any atom is -0.497 e. The number of nitrogens with one attached hydrogen (secondary N) is 1. The van der Waals surface area contributed by atoms with Crippen molar-refractivity contribution in [3.05, 3.63) is 41.2 Å². The van der Waals surface area contributed by atoms with E-state index in [1.165, 1.54) is 5.69 Å². The van der Waals surface area contributed by atoms with Crippen molar-refractivity contribution >= 4 is 0 Å². The van der Waals surface area contributed by atoms with Crippen LogP contribution >= 0.6 is 0 Å². The smallest absolute Gasteiger partial charge is 0.127 e.